The molecule has 1 aliphatic rings. The van der Waals surface area contributed by atoms with Crippen LogP contribution in [0.3, 0.4) is 0 Å². The zero-order chi connectivity index (χ0) is 14.7. The average Bonchev–Trinajstić information content (AvgIpc) is 2.33. The molecule has 0 heterocycles. The summed E-state index contributed by atoms with van der Waals surface area (Å²) in [5, 5.41) is 12.8. The second-order valence-electron chi connectivity index (χ2n) is 5.65. The lowest BCUT2D eigenvalue weighted by Gasteiger charge is -2.34. The number of benzene rings is 1. The van der Waals surface area contributed by atoms with Crippen LogP contribution in [-0.4, -0.2) is 42.2 Å². The number of aliphatic hydroxyl groups is 1. The maximum absolute atomic E-state index is 12.0. The standard InChI is InChI=1S/C15H21ClN2O2/c1-10-13(16)4-3-5-14(10)17-15(20)9-18(2)8-11-6-12(19)7-11/h3-5,11-12,19H,6-9H2,1-2H3,(H,17,20). The van der Waals surface area contributed by atoms with Crippen molar-refractivity contribution >= 4 is 23.2 Å². The number of hydrogen-bond donors (Lipinski definition) is 2. The van der Waals surface area contributed by atoms with Crippen LogP contribution in [0, 0.1) is 12.8 Å². The average molecular weight is 297 g/mol. The number of amides is 1. The van der Waals surface area contributed by atoms with Crippen molar-refractivity contribution in [1.82, 2.24) is 4.90 Å². The second kappa shape index (κ2) is 6.57. The molecule has 0 aromatic heterocycles. The smallest absolute Gasteiger partial charge is 0.238 e. The van der Waals surface area contributed by atoms with Crippen LogP contribution in [0.2, 0.25) is 5.02 Å². The van der Waals surface area contributed by atoms with Crippen molar-refractivity contribution in [3.63, 3.8) is 0 Å². The summed E-state index contributed by atoms with van der Waals surface area (Å²) in [5.41, 5.74) is 1.64. The molecule has 4 nitrogen and oxygen atoms in total. The maximum atomic E-state index is 12.0. The van der Waals surface area contributed by atoms with Gasteiger partial charge in [0.05, 0.1) is 12.6 Å². The number of hydrogen-bond acceptors (Lipinski definition) is 3. The number of anilines is 1. The summed E-state index contributed by atoms with van der Waals surface area (Å²) in [7, 11) is 1.93. The number of rotatable bonds is 5. The van der Waals surface area contributed by atoms with Gasteiger partial charge in [-0.25, -0.2) is 0 Å². The normalized spacial score (nSPS) is 21.6. The van der Waals surface area contributed by atoms with Gasteiger partial charge in [0, 0.05) is 17.3 Å². The van der Waals surface area contributed by atoms with E-state index < -0.39 is 0 Å². The predicted octanol–water partition coefficient (Wildman–Crippen LogP) is 2.29. The Balaban J connectivity index is 1.81. The molecular weight excluding hydrogens is 276 g/mol. The van der Waals surface area contributed by atoms with E-state index in [1.54, 1.807) is 6.07 Å². The highest BCUT2D eigenvalue weighted by atomic mass is 35.5. The van der Waals surface area contributed by atoms with Crippen LogP contribution in [0.25, 0.3) is 0 Å². The minimum Gasteiger partial charge on any atom is -0.393 e. The molecule has 0 aliphatic heterocycles. The first-order valence-corrected chi connectivity index (χ1v) is 7.25. The van der Waals surface area contributed by atoms with Crippen molar-refractivity contribution < 1.29 is 9.90 Å². The lowest BCUT2D eigenvalue weighted by Crippen LogP contribution is -2.40. The monoisotopic (exact) mass is 296 g/mol. The first-order valence-electron chi connectivity index (χ1n) is 6.87. The third-order valence-electron chi connectivity index (χ3n) is 3.74. The van der Waals surface area contributed by atoms with Gasteiger partial charge >= 0.3 is 0 Å². The van der Waals surface area contributed by atoms with Crippen LogP contribution in [0.4, 0.5) is 5.69 Å². The number of carbonyl (C=O) groups excluding carboxylic acids is 1. The van der Waals surface area contributed by atoms with E-state index in [2.05, 4.69) is 5.32 Å². The Labute approximate surface area is 124 Å². The number of halogens is 1. The van der Waals surface area contributed by atoms with E-state index >= 15 is 0 Å². The second-order valence-corrected chi connectivity index (χ2v) is 6.06. The Morgan fingerprint density at radius 3 is 2.85 bits per heavy atom. The Bertz CT molecular complexity index is 487. The van der Waals surface area contributed by atoms with Crippen LogP contribution in [0.5, 0.6) is 0 Å². The summed E-state index contributed by atoms with van der Waals surface area (Å²) in [4.78, 5) is 14.0. The predicted molar refractivity (Wildman–Crippen MR) is 81.0 cm³/mol. The molecule has 2 N–H and O–H groups in total. The molecule has 1 aliphatic carbocycles. The van der Waals surface area contributed by atoms with Gasteiger partial charge in [0.15, 0.2) is 0 Å². The summed E-state index contributed by atoms with van der Waals surface area (Å²) in [6.45, 7) is 3.08. The van der Waals surface area contributed by atoms with Crippen LogP contribution in [0.1, 0.15) is 18.4 Å². The molecule has 0 spiro atoms. The summed E-state index contributed by atoms with van der Waals surface area (Å²) in [6, 6.07) is 5.48. The molecule has 0 radical (unpaired) electrons. The highest BCUT2D eigenvalue weighted by molar-refractivity contribution is 6.31. The van der Waals surface area contributed by atoms with E-state index in [1.807, 2.05) is 31.0 Å². The minimum absolute atomic E-state index is 0.0438. The zero-order valence-corrected chi connectivity index (χ0v) is 12.7. The van der Waals surface area contributed by atoms with Gasteiger partial charge in [-0.2, -0.15) is 0 Å². The van der Waals surface area contributed by atoms with Crippen LogP contribution >= 0.6 is 11.6 Å². The molecule has 0 unspecified atom stereocenters. The van der Waals surface area contributed by atoms with Crippen molar-refractivity contribution in [2.45, 2.75) is 25.9 Å². The van der Waals surface area contributed by atoms with E-state index in [9.17, 15) is 9.90 Å². The molecule has 1 fully saturated rings. The first-order chi connectivity index (χ1) is 9.45. The van der Waals surface area contributed by atoms with Crippen molar-refractivity contribution in [2.75, 3.05) is 25.5 Å². The lowest BCUT2D eigenvalue weighted by atomic mass is 9.82. The van der Waals surface area contributed by atoms with Gasteiger partial charge in [0.25, 0.3) is 0 Å². The fourth-order valence-electron chi connectivity index (χ4n) is 2.53. The number of aliphatic hydroxyl groups excluding tert-OH is 1. The highest BCUT2D eigenvalue weighted by Gasteiger charge is 2.28. The molecule has 5 heteroatoms. The van der Waals surface area contributed by atoms with Crippen molar-refractivity contribution in [2.24, 2.45) is 5.92 Å². The van der Waals surface area contributed by atoms with Gasteiger partial charge in [-0.1, -0.05) is 17.7 Å². The first kappa shape index (κ1) is 15.3. The molecule has 0 saturated heterocycles. The van der Waals surface area contributed by atoms with Gasteiger partial charge in [-0.15, -0.1) is 0 Å². The Kier molecular flexibility index (Phi) is 5.02. The van der Waals surface area contributed by atoms with E-state index in [0.29, 0.717) is 17.5 Å². The topological polar surface area (TPSA) is 52.6 Å². The summed E-state index contributed by atoms with van der Waals surface area (Å²) >= 11 is 6.03. The third-order valence-corrected chi connectivity index (χ3v) is 4.15. The summed E-state index contributed by atoms with van der Waals surface area (Å²) in [5.74, 6) is 0.466. The molecule has 1 aromatic rings. The molecule has 1 saturated carbocycles. The Hall–Kier alpha value is -1.10. The number of likely N-dealkylation sites (N-methyl/N-ethyl adjacent to an activating group) is 1. The van der Waals surface area contributed by atoms with Gasteiger partial charge < -0.3 is 10.4 Å². The van der Waals surface area contributed by atoms with E-state index in [4.69, 9.17) is 11.6 Å². The largest absolute Gasteiger partial charge is 0.393 e. The van der Waals surface area contributed by atoms with Crippen molar-refractivity contribution in [3.05, 3.63) is 28.8 Å². The third kappa shape index (κ3) is 3.95. The van der Waals surface area contributed by atoms with Crippen LogP contribution in [0.15, 0.2) is 18.2 Å². The fraction of sp³-hybridized carbons (Fsp3) is 0.533. The van der Waals surface area contributed by atoms with E-state index in [-0.39, 0.29) is 12.0 Å². The quantitative estimate of drug-likeness (QED) is 0.876. The number of nitrogens with zero attached hydrogens (tertiary/aromatic N) is 1. The highest BCUT2D eigenvalue weighted by Crippen LogP contribution is 2.27. The Morgan fingerprint density at radius 1 is 1.50 bits per heavy atom. The lowest BCUT2D eigenvalue weighted by molar-refractivity contribution is -0.117. The zero-order valence-electron chi connectivity index (χ0n) is 11.9. The minimum atomic E-state index is -0.142. The van der Waals surface area contributed by atoms with E-state index in [0.717, 1.165) is 30.6 Å². The molecule has 110 valence electrons. The fourth-order valence-corrected chi connectivity index (χ4v) is 2.71. The molecule has 0 atom stereocenters. The summed E-state index contributed by atoms with van der Waals surface area (Å²) < 4.78 is 0. The Morgan fingerprint density at radius 2 is 2.20 bits per heavy atom. The molecule has 1 aromatic carbocycles. The van der Waals surface area contributed by atoms with Gasteiger partial charge in [-0.3, -0.25) is 9.69 Å². The van der Waals surface area contributed by atoms with Crippen molar-refractivity contribution in [3.8, 4) is 0 Å². The molecule has 0 bridgehead atoms. The van der Waals surface area contributed by atoms with Crippen LogP contribution < -0.4 is 5.32 Å². The van der Waals surface area contributed by atoms with E-state index in [1.165, 1.54) is 0 Å². The van der Waals surface area contributed by atoms with Crippen molar-refractivity contribution in [1.29, 1.82) is 0 Å². The SMILES string of the molecule is Cc1c(Cl)cccc1NC(=O)CN(C)CC1CC(O)C1. The van der Waals surface area contributed by atoms with Gasteiger partial charge in [-0.05, 0) is 50.4 Å². The number of carbonyl (C=O) groups is 1. The molecule has 2 rings (SSSR count). The summed E-state index contributed by atoms with van der Waals surface area (Å²) in [6.07, 6.45) is 1.55. The molecule has 20 heavy (non-hydrogen) atoms. The maximum Gasteiger partial charge on any atom is 0.238 e. The molecular formula is C15H21ClN2O2. The molecule has 1 amide bonds. The van der Waals surface area contributed by atoms with Crippen LogP contribution in [-0.2, 0) is 4.79 Å². The van der Waals surface area contributed by atoms with Gasteiger partial charge in [0.1, 0.15) is 0 Å². The number of nitrogens with one attached hydrogen (secondary N) is 1. The van der Waals surface area contributed by atoms with Gasteiger partial charge in [0.2, 0.25) is 5.91 Å².